The van der Waals surface area contributed by atoms with E-state index in [1.54, 1.807) is 60.7 Å². The largest absolute Gasteiger partial charge is 0.458 e. The highest BCUT2D eigenvalue weighted by atomic mass is 35.5. The van der Waals surface area contributed by atoms with Gasteiger partial charge in [-0.2, -0.15) is 0 Å². The Morgan fingerprint density at radius 1 is 0.923 bits per heavy atom. The molecule has 0 unspecified atom stereocenters. The molecule has 3 aromatic rings. The number of hydrogen-bond acceptors (Lipinski definition) is 3. The Labute approximate surface area is 155 Å². The SMILES string of the molecule is O=C(OCc1c(F)cccc1Cl)C(O)(c1ccccc1)c1ccccc1. The van der Waals surface area contributed by atoms with Crippen LogP contribution in [0.5, 0.6) is 0 Å². The van der Waals surface area contributed by atoms with Crippen molar-refractivity contribution in [3.63, 3.8) is 0 Å². The van der Waals surface area contributed by atoms with Crippen molar-refractivity contribution in [3.8, 4) is 0 Å². The summed E-state index contributed by atoms with van der Waals surface area (Å²) in [5.41, 5.74) is -1.24. The van der Waals surface area contributed by atoms with E-state index in [0.717, 1.165) is 0 Å². The first-order valence-electron chi connectivity index (χ1n) is 7.97. The Morgan fingerprint density at radius 3 is 1.96 bits per heavy atom. The van der Waals surface area contributed by atoms with Crippen LogP contribution in [0.1, 0.15) is 16.7 Å². The third kappa shape index (κ3) is 3.47. The van der Waals surface area contributed by atoms with Crippen LogP contribution in [0.4, 0.5) is 4.39 Å². The number of aliphatic hydroxyl groups is 1. The topological polar surface area (TPSA) is 46.5 Å². The predicted octanol–water partition coefficient (Wildman–Crippen LogP) is 4.46. The summed E-state index contributed by atoms with van der Waals surface area (Å²) in [6.45, 7) is -0.383. The van der Waals surface area contributed by atoms with E-state index < -0.39 is 17.4 Å². The first kappa shape index (κ1) is 18.1. The van der Waals surface area contributed by atoms with Gasteiger partial charge >= 0.3 is 5.97 Å². The molecule has 3 nitrogen and oxygen atoms in total. The Hall–Kier alpha value is -2.69. The van der Waals surface area contributed by atoms with Crippen LogP contribution >= 0.6 is 11.6 Å². The number of benzene rings is 3. The summed E-state index contributed by atoms with van der Waals surface area (Å²) >= 11 is 5.97. The summed E-state index contributed by atoms with van der Waals surface area (Å²) in [6, 6.07) is 21.1. The van der Waals surface area contributed by atoms with E-state index in [-0.39, 0.29) is 17.2 Å². The van der Waals surface area contributed by atoms with Crippen LogP contribution < -0.4 is 0 Å². The van der Waals surface area contributed by atoms with Gasteiger partial charge in [0.15, 0.2) is 0 Å². The molecule has 132 valence electrons. The van der Waals surface area contributed by atoms with Gasteiger partial charge in [-0.3, -0.25) is 0 Å². The lowest BCUT2D eigenvalue weighted by Gasteiger charge is -2.27. The van der Waals surface area contributed by atoms with Gasteiger partial charge in [-0.25, -0.2) is 9.18 Å². The first-order valence-corrected chi connectivity index (χ1v) is 8.35. The molecular formula is C21H16ClFO3. The minimum absolute atomic E-state index is 0.0611. The highest BCUT2D eigenvalue weighted by molar-refractivity contribution is 6.31. The lowest BCUT2D eigenvalue weighted by Crippen LogP contribution is -2.38. The maximum absolute atomic E-state index is 13.9. The molecule has 0 saturated carbocycles. The summed E-state index contributed by atoms with van der Waals surface area (Å²) < 4.78 is 19.2. The number of esters is 1. The van der Waals surface area contributed by atoms with Crippen molar-refractivity contribution in [2.75, 3.05) is 0 Å². The Balaban J connectivity index is 1.94. The van der Waals surface area contributed by atoms with Gasteiger partial charge in [-0.1, -0.05) is 78.3 Å². The van der Waals surface area contributed by atoms with Gasteiger partial charge in [0.2, 0.25) is 5.60 Å². The lowest BCUT2D eigenvalue weighted by molar-refractivity contribution is -0.163. The first-order chi connectivity index (χ1) is 12.5. The van der Waals surface area contributed by atoms with Crippen LogP contribution in [0.2, 0.25) is 5.02 Å². The Bertz CT molecular complexity index is 838. The zero-order valence-electron chi connectivity index (χ0n) is 13.7. The Kier molecular flexibility index (Phi) is 5.35. The number of halogens is 2. The van der Waals surface area contributed by atoms with Crippen molar-refractivity contribution in [2.24, 2.45) is 0 Å². The van der Waals surface area contributed by atoms with E-state index >= 15 is 0 Å². The zero-order valence-corrected chi connectivity index (χ0v) is 14.5. The fourth-order valence-corrected chi connectivity index (χ4v) is 2.89. The van der Waals surface area contributed by atoms with Gasteiger partial charge in [-0.05, 0) is 23.3 Å². The molecule has 0 aromatic heterocycles. The summed E-state index contributed by atoms with van der Waals surface area (Å²) in [4.78, 5) is 12.8. The molecule has 0 aliphatic carbocycles. The second-order valence-corrected chi connectivity index (χ2v) is 6.13. The molecule has 0 saturated heterocycles. The van der Waals surface area contributed by atoms with E-state index in [4.69, 9.17) is 16.3 Å². The van der Waals surface area contributed by atoms with Crippen LogP contribution in [0, 0.1) is 5.82 Å². The number of ether oxygens (including phenoxy) is 1. The van der Waals surface area contributed by atoms with Gasteiger partial charge in [0.05, 0.1) is 5.02 Å². The molecular weight excluding hydrogens is 355 g/mol. The van der Waals surface area contributed by atoms with Crippen molar-refractivity contribution in [2.45, 2.75) is 12.2 Å². The van der Waals surface area contributed by atoms with Gasteiger partial charge < -0.3 is 9.84 Å². The van der Waals surface area contributed by atoms with Crippen LogP contribution in [-0.2, 0) is 21.7 Å². The molecule has 0 amide bonds. The fraction of sp³-hybridized carbons (Fsp3) is 0.0952. The number of carbonyl (C=O) groups is 1. The molecule has 26 heavy (non-hydrogen) atoms. The van der Waals surface area contributed by atoms with Crippen molar-refractivity contribution in [1.29, 1.82) is 0 Å². The average molecular weight is 371 g/mol. The summed E-state index contributed by atoms with van der Waals surface area (Å²) in [5, 5.41) is 11.4. The third-order valence-corrected chi connectivity index (χ3v) is 4.44. The van der Waals surface area contributed by atoms with Crippen LogP contribution in [0.15, 0.2) is 78.9 Å². The smallest absolute Gasteiger partial charge is 0.348 e. The lowest BCUT2D eigenvalue weighted by atomic mass is 9.86. The molecule has 0 atom stereocenters. The molecule has 0 aliphatic rings. The molecule has 0 radical (unpaired) electrons. The van der Waals surface area contributed by atoms with E-state index in [1.165, 1.54) is 18.2 Å². The molecule has 5 heteroatoms. The molecule has 0 fully saturated rings. The molecule has 0 aliphatic heterocycles. The minimum atomic E-state index is -2.01. The monoisotopic (exact) mass is 370 g/mol. The Morgan fingerprint density at radius 2 is 1.46 bits per heavy atom. The van der Waals surface area contributed by atoms with Crippen LogP contribution in [-0.4, -0.2) is 11.1 Å². The van der Waals surface area contributed by atoms with Crippen molar-refractivity contribution in [1.82, 2.24) is 0 Å². The molecule has 1 N–H and O–H groups in total. The van der Waals surface area contributed by atoms with E-state index in [0.29, 0.717) is 11.1 Å². The number of hydrogen-bond donors (Lipinski definition) is 1. The van der Waals surface area contributed by atoms with Gasteiger partial charge in [0, 0.05) is 5.56 Å². The van der Waals surface area contributed by atoms with E-state index in [9.17, 15) is 14.3 Å². The number of rotatable bonds is 5. The quantitative estimate of drug-likeness (QED) is 0.674. The fourth-order valence-electron chi connectivity index (χ4n) is 2.67. The standard InChI is InChI=1S/C21H16ClFO3/c22-18-12-7-13-19(23)17(18)14-26-20(24)21(25,15-8-3-1-4-9-15)16-10-5-2-6-11-16/h1-13,25H,14H2. The maximum Gasteiger partial charge on any atom is 0.348 e. The van der Waals surface area contributed by atoms with Gasteiger partial charge in [-0.15, -0.1) is 0 Å². The minimum Gasteiger partial charge on any atom is -0.458 e. The molecule has 0 bridgehead atoms. The van der Waals surface area contributed by atoms with Crippen molar-refractivity contribution in [3.05, 3.63) is 106 Å². The van der Waals surface area contributed by atoms with E-state index in [2.05, 4.69) is 0 Å². The average Bonchev–Trinajstić information content (AvgIpc) is 2.68. The van der Waals surface area contributed by atoms with Crippen LogP contribution in [0.25, 0.3) is 0 Å². The van der Waals surface area contributed by atoms with Crippen molar-refractivity contribution < 1.29 is 19.0 Å². The summed E-state index contributed by atoms with van der Waals surface area (Å²) in [7, 11) is 0. The highest BCUT2D eigenvalue weighted by Crippen LogP contribution is 2.32. The second-order valence-electron chi connectivity index (χ2n) is 5.72. The normalized spacial score (nSPS) is 11.2. The highest BCUT2D eigenvalue weighted by Gasteiger charge is 2.41. The van der Waals surface area contributed by atoms with Crippen LogP contribution in [0.3, 0.4) is 0 Å². The summed E-state index contributed by atoms with van der Waals surface area (Å²) in [6.07, 6.45) is 0. The van der Waals surface area contributed by atoms with Gasteiger partial charge in [0.25, 0.3) is 0 Å². The molecule has 3 aromatic carbocycles. The third-order valence-electron chi connectivity index (χ3n) is 4.09. The second kappa shape index (κ2) is 7.68. The predicted molar refractivity (Wildman–Crippen MR) is 97.1 cm³/mol. The number of carbonyl (C=O) groups excluding carboxylic acids is 1. The molecule has 0 spiro atoms. The zero-order chi connectivity index (χ0) is 18.6. The molecule has 0 heterocycles. The maximum atomic E-state index is 13.9. The van der Waals surface area contributed by atoms with E-state index in [1.807, 2.05) is 0 Å². The van der Waals surface area contributed by atoms with Crippen molar-refractivity contribution >= 4 is 17.6 Å². The summed E-state index contributed by atoms with van der Waals surface area (Å²) in [5.74, 6) is -1.48. The van der Waals surface area contributed by atoms with Gasteiger partial charge in [0.1, 0.15) is 12.4 Å². The molecule has 3 rings (SSSR count).